The average Bonchev–Trinajstić information content (AvgIpc) is 3.40. The fraction of sp³-hybridized carbons (Fsp3) is 0.267. The lowest BCUT2D eigenvalue weighted by Gasteiger charge is -2.34. The van der Waals surface area contributed by atoms with Crippen LogP contribution in [-0.4, -0.2) is 71.9 Å². The molecular formula is C30H32N4O3. The van der Waals surface area contributed by atoms with Gasteiger partial charge in [-0.15, -0.1) is 0 Å². The molecule has 1 aliphatic heterocycles. The van der Waals surface area contributed by atoms with E-state index >= 15 is 0 Å². The van der Waals surface area contributed by atoms with Crippen molar-refractivity contribution < 1.29 is 14.3 Å². The minimum atomic E-state index is -0.00336. The standard InChI is InChI=1S/C30H32N4O3/c1-23-11-13-25(14-12-23)34-22-28(29(31-34)24-7-6-10-27(21-24)36-2)30(35)33-17-15-32(16-18-33)19-20-37-26-8-4-3-5-9-26/h3-14,21-22H,15-20H2,1-2H3. The van der Waals surface area contributed by atoms with Crippen molar-refractivity contribution in [3.8, 4) is 28.4 Å². The summed E-state index contributed by atoms with van der Waals surface area (Å²) in [6.07, 6.45) is 1.85. The number of aromatic nitrogens is 2. The number of piperazine rings is 1. The third-order valence-corrected chi connectivity index (χ3v) is 6.67. The highest BCUT2D eigenvalue weighted by molar-refractivity contribution is 6.00. The van der Waals surface area contributed by atoms with Crippen LogP contribution >= 0.6 is 0 Å². The Kier molecular flexibility index (Phi) is 7.51. The van der Waals surface area contributed by atoms with E-state index in [1.54, 1.807) is 11.8 Å². The van der Waals surface area contributed by atoms with E-state index in [9.17, 15) is 4.79 Å². The molecule has 1 fully saturated rings. The number of amides is 1. The van der Waals surface area contributed by atoms with E-state index in [1.165, 1.54) is 5.56 Å². The first-order valence-corrected chi connectivity index (χ1v) is 12.6. The lowest BCUT2D eigenvalue weighted by molar-refractivity contribution is 0.0621. The number of nitrogens with zero attached hydrogens (tertiary/aromatic N) is 4. The van der Waals surface area contributed by atoms with Crippen LogP contribution in [0.3, 0.4) is 0 Å². The van der Waals surface area contributed by atoms with E-state index in [-0.39, 0.29) is 5.91 Å². The van der Waals surface area contributed by atoms with Crippen molar-refractivity contribution in [3.05, 3.63) is 96.2 Å². The number of aryl methyl sites for hydroxylation is 1. The van der Waals surface area contributed by atoms with E-state index in [0.29, 0.717) is 31.0 Å². The first-order chi connectivity index (χ1) is 18.1. The molecule has 7 nitrogen and oxygen atoms in total. The van der Waals surface area contributed by atoms with Crippen molar-refractivity contribution in [3.63, 3.8) is 0 Å². The predicted molar refractivity (Wildman–Crippen MR) is 145 cm³/mol. The molecule has 1 amide bonds. The number of benzene rings is 3. The second-order valence-electron chi connectivity index (χ2n) is 9.20. The predicted octanol–water partition coefficient (Wildman–Crippen LogP) is 4.69. The summed E-state index contributed by atoms with van der Waals surface area (Å²) in [5.74, 6) is 1.61. The van der Waals surface area contributed by atoms with Gasteiger partial charge in [-0.3, -0.25) is 9.69 Å². The quantitative estimate of drug-likeness (QED) is 0.354. The highest BCUT2D eigenvalue weighted by Gasteiger charge is 2.27. The first-order valence-electron chi connectivity index (χ1n) is 12.6. The van der Waals surface area contributed by atoms with Crippen molar-refractivity contribution in [2.75, 3.05) is 46.4 Å². The summed E-state index contributed by atoms with van der Waals surface area (Å²) < 4.78 is 13.1. The van der Waals surface area contributed by atoms with Gasteiger partial charge in [-0.1, -0.05) is 48.0 Å². The molecule has 0 spiro atoms. The van der Waals surface area contributed by atoms with Crippen molar-refractivity contribution in [2.24, 2.45) is 0 Å². The molecule has 1 saturated heterocycles. The summed E-state index contributed by atoms with van der Waals surface area (Å²) in [6.45, 7) is 6.46. The van der Waals surface area contributed by atoms with Crippen LogP contribution in [0.5, 0.6) is 11.5 Å². The molecule has 0 aliphatic carbocycles. The Morgan fingerprint density at radius 1 is 0.892 bits per heavy atom. The van der Waals surface area contributed by atoms with E-state index in [4.69, 9.17) is 14.6 Å². The summed E-state index contributed by atoms with van der Waals surface area (Å²) in [7, 11) is 1.64. The van der Waals surface area contributed by atoms with Gasteiger partial charge in [0.05, 0.1) is 18.4 Å². The SMILES string of the molecule is COc1cccc(-c2nn(-c3ccc(C)cc3)cc2C(=O)N2CCN(CCOc3ccccc3)CC2)c1. The average molecular weight is 497 g/mol. The number of para-hydroxylation sites is 1. The van der Waals surface area contributed by atoms with Crippen molar-refractivity contribution in [1.82, 2.24) is 19.6 Å². The zero-order valence-corrected chi connectivity index (χ0v) is 21.3. The second-order valence-corrected chi connectivity index (χ2v) is 9.20. The lowest BCUT2D eigenvalue weighted by Crippen LogP contribution is -2.49. The second kappa shape index (κ2) is 11.3. The molecular weight excluding hydrogens is 464 g/mol. The summed E-state index contributed by atoms with van der Waals surface area (Å²) in [5, 5.41) is 4.84. The molecule has 2 heterocycles. The number of ether oxygens (including phenoxy) is 2. The van der Waals surface area contributed by atoms with Gasteiger partial charge in [0.1, 0.15) is 23.8 Å². The van der Waals surface area contributed by atoms with E-state index in [0.717, 1.165) is 42.4 Å². The molecule has 0 radical (unpaired) electrons. The summed E-state index contributed by atoms with van der Waals surface area (Å²) in [4.78, 5) is 18.0. The molecule has 4 aromatic rings. The van der Waals surface area contributed by atoms with Crippen LogP contribution in [-0.2, 0) is 0 Å². The maximum atomic E-state index is 13.8. The third kappa shape index (κ3) is 5.84. The monoisotopic (exact) mass is 496 g/mol. The molecule has 190 valence electrons. The van der Waals surface area contributed by atoms with Crippen molar-refractivity contribution in [1.29, 1.82) is 0 Å². The van der Waals surface area contributed by atoms with Crippen LogP contribution in [0.2, 0.25) is 0 Å². The Labute approximate surface area is 217 Å². The Morgan fingerprint density at radius 3 is 2.35 bits per heavy atom. The largest absolute Gasteiger partial charge is 0.497 e. The maximum absolute atomic E-state index is 13.8. The van der Waals surface area contributed by atoms with Gasteiger partial charge in [0.25, 0.3) is 5.91 Å². The number of hydrogen-bond acceptors (Lipinski definition) is 5. The molecule has 3 aromatic carbocycles. The van der Waals surface area contributed by atoms with Crippen LogP contribution < -0.4 is 9.47 Å². The Balaban J connectivity index is 1.31. The molecule has 5 rings (SSSR count). The molecule has 0 N–H and O–H groups in total. The van der Waals surface area contributed by atoms with Crippen molar-refractivity contribution in [2.45, 2.75) is 6.92 Å². The number of hydrogen-bond donors (Lipinski definition) is 0. The fourth-order valence-electron chi connectivity index (χ4n) is 4.50. The minimum Gasteiger partial charge on any atom is -0.497 e. The Morgan fingerprint density at radius 2 is 1.62 bits per heavy atom. The molecule has 0 unspecified atom stereocenters. The highest BCUT2D eigenvalue weighted by Crippen LogP contribution is 2.28. The maximum Gasteiger partial charge on any atom is 0.257 e. The van der Waals surface area contributed by atoms with Gasteiger partial charge >= 0.3 is 0 Å². The van der Waals surface area contributed by atoms with E-state index in [1.807, 2.05) is 90.0 Å². The van der Waals surface area contributed by atoms with Crippen LogP contribution in [0, 0.1) is 6.92 Å². The zero-order valence-electron chi connectivity index (χ0n) is 21.3. The molecule has 7 heteroatoms. The molecule has 1 aromatic heterocycles. The van der Waals surface area contributed by atoms with Gasteiger partial charge in [-0.25, -0.2) is 4.68 Å². The zero-order chi connectivity index (χ0) is 25.6. The normalized spacial score (nSPS) is 13.9. The third-order valence-electron chi connectivity index (χ3n) is 6.67. The molecule has 0 saturated carbocycles. The van der Waals surface area contributed by atoms with Gasteiger partial charge < -0.3 is 14.4 Å². The number of carbonyl (C=O) groups excluding carboxylic acids is 1. The van der Waals surface area contributed by atoms with Crippen LogP contribution in [0.25, 0.3) is 16.9 Å². The van der Waals surface area contributed by atoms with Gasteiger partial charge in [0.2, 0.25) is 0 Å². The van der Waals surface area contributed by atoms with Crippen molar-refractivity contribution >= 4 is 5.91 Å². The molecule has 0 bridgehead atoms. The van der Waals surface area contributed by atoms with Crippen LogP contribution in [0.15, 0.2) is 85.1 Å². The lowest BCUT2D eigenvalue weighted by atomic mass is 10.1. The molecule has 1 aliphatic rings. The first kappa shape index (κ1) is 24.6. The number of rotatable bonds is 8. The van der Waals surface area contributed by atoms with Gasteiger partial charge in [-0.05, 0) is 43.3 Å². The summed E-state index contributed by atoms with van der Waals surface area (Å²) in [6, 6.07) is 25.7. The van der Waals surface area contributed by atoms with Gasteiger partial charge in [0, 0.05) is 44.5 Å². The number of carbonyl (C=O) groups is 1. The minimum absolute atomic E-state index is 0.00336. The van der Waals surface area contributed by atoms with Crippen LogP contribution in [0.4, 0.5) is 0 Å². The fourth-order valence-corrected chi connectivity index (χ4v) is 4.50. The topological polar surface area (TPSA) is 59.8 Å². The van der Waals surface area contributed by atoms with E-state index in [2.05, 4.69) is 11.8 Å². The van der Waals surface area contributed by atoms with E-state index < -0.39 is 0 Å². The molecule has 37 heavy (non-hydrogen) atoms. The number of methoxy groups -OCH3 is 1. The smallest absolute Gasteiger partial charge is 0.257 e. The Bertz CT molecular complexity index is 1330. The van der Waals surface area contributed by atoms with Gasteiger partial charge in [-0.2, -0.15) is 5.10 Å². The molecule has 0 atom stereocenters. The van der Waals surface area contributed by atoms with Gasteiger partial charge in [0.15, 0.2) is 0 Å². The highest BCUT2D eigenvalue weighted by atomic mass is 16.5. The summed E-state index contributed by atoms with van der Waals surface area (Å²) in [5.41, 5.74) is 4.19. The Hall–Kier alpha value is -4.10. The van der Waals surface area contributed by atoms with Crippen LogP contribution in [0.1, 0.15) is 15.9 Å². The summed E-state index contributed by atoms with van der Waals surface area (Å²) >= 11 is 0.